The van der Waals surface area contributed by atoms with E-state index in [-0.39, 0.29) is 0 Å². The Morgan fingerprint density at radius 1 is 1.25 bits per heavy atom. The van der Waals surface area contributed by atoms with Crippen molar-refractivity contribution >= 4 is 17.3 Å². The van der Waals surface area contributed by atoms with Gasteiger partial charge in [-0.1, -0.05) is 25.4 Å². The Bertz CT molecular complexity index is 376. The monoisotopic (exact) mass is 236 g/mol. The van der Waals surface area contributed by atoms with Crippen LogP contribution in [0.5, 0.6) is 0 Å². The molecule has 0 saturated heterocycles. The largest absolute Gasteiger partial charge is 0.370 e. The number of hydrogen-bond acceptors (Lipinski definition) is 2. The molecule has 0 radical (unpaired) electrons. The van der Waals surface area contributed by atoms with Crippen LogP contribution in [0.1, 0.15) is 32.3 Å². The molecule has 0 atom stereocenters. The highest BCUT2D eigenvalue weighted by Crippen LogP contribution is 2.27. The molecule has 0 fully saturated rings. The maximum absolute atomic E-state index is 8.88. The minimum Gasteiger partial charge on any atom is -0.370 e. The van der Waals surface area contributed by atoms with Crippen molar-refractivity contribution in [2.24, 2.45) is 0 Å². The van der Waals surface area contributed by atoms with E-state index in [9.17, 15) is 0 Å². The Morgan fingerprint density at radius 3 is 2.38 bits per heavy atom. The van der Waals surface area contributed by atoms with Gasteiger partial charge in [-0.05, 0) is 31.0 Å². The van der Waals surface area contributed by atoms with Gasteiger partial charge < -0.3 is 4.90 Å². The van der Waals surface area contributed by atoms with Crippen molar-refractivity contribution in [1.29, 1.82) is 5.26 Å². The Labute approximate surface area is 102 Å². The topological polar surface area (TPSA) is 27.0 Å². The lowest BCUT2D eigenvalue weighted by atomic mass is 10.2. The summed E-state index contributed by atoms with van der Waals surface area (Å²) < 4.78 is 0. The summed E-state index contributed by atoms with van der Waals surface area (Å²) >= 11 is 6.17. The Morgan fingerprint density at radius 2 is 1.88 bits per heavy atom. The van der Waals surface area contributed by atoms with Gasteiger partial charge in [0.25, 0.3) is 0 Å². The highest BCUT2D eigenvalue weighted by Gasteiger charge is 2.09. The van der Waals surface area contributed by atoms with Crippen molar-refractivity contribution in [3.63, 3.8) is 0 Å². The minimum absolute atomic E-state index is 0.664. The van der Waals surface area contributed by atoms with E-state index in [2.05, 4.69) is 24.8 Å². The molecule has 0 spiro atoms. The fourth-order valence-corrected chi connectivity index (χ4v) is 1.95. The normalized spacial score (nSPS) is 9.88. The molecule has 0 aliphatic carbocycles. The van der Waals surface area contributed by atoms with Crippen LogP contribution in [0.3, 0.4) is 0 Å². The van der Waals surface area contributed by atoms with Gasteiger partial charge in [-0.2, -0.15) is 5.26 Å². The van der Waals surface area contributed by atoms with Gasteiger partial charge in [0.05, 0.1) is 22.3 Å². The molecule has 0 saturated carbocycles. The SMILES string of the molecule is CCCN(CCC)c1cc(C#N)ccc1Cl. The first kappa shape index (κ1) is 12.9. The first-order valence-electron chi connectivity index (χ1n) is 5.67. The number of halogens is 1. The van der Waals surface area contributed by atoms with Crippen LogP contribution in [0.25, 0.3) is 0 Å². The molecule has 1 rings (SSSR count). The Kier molecular flexibility index (Phi) is 5.14. The van der Waals surface area contributed by atoms with Crippen LogP contribution in [0, 0.1) is 11.3 Å². The molecule has 0 aromatic heterocycles. The van der Waals surface area contributed by atoms with Gasteiger partial charge in [-0.15, -0.1) is 0 Å². The van der Waals surface area contributed by atoms with E-state index in [1.54, 1.807) is 12.1 Å². The number of nitriles is 1. The highest BCUT2D eigenvalue weighted by atomic mass is 35.5. The number of rotatable bonds is 5. The van der Waals surface area contributed by atoms with Crippen LogP contribution < -0.4 is 4.90 Å². The quantitative estimate of drug-likeness (QED) is 0.777. The van der Waals surface area contributed by atoms with Crippen LogP contribution in [0.2, 0.25) is 5.02 Å². The first-order chi connectivity index (χ1) is 7.72. The van der Waals surface area contributed by atoms with Gasteiger partial charge in [0.2, 0.25) is 0 Å². The molecule has 0 N–H and O–H groups in total. The van der Waals surface area contributed by atoms with E-state index in [1.807, 2.05) is 6.07 Å². The van der Waals surface area contributed by atoms with E-state index in [0.29, 0.717) is 5.56 Å². The van der Waals surface area contributed by atoms with Gasteiger partial charge in [-0.3, -0.25) is 0 Å². The second-order valence-electron chi connectivity index (χ2n) is 3.77. The molecule has 0 heterocycles. The molecule has 86 valence electrons. The summed E-state index contributed by atoms with van der Waals surface area (Å²) in [4.78, 5) is 2.24. The molecule has 1 aromatic rings. The van der Waals surface area contributed by atoms with Crippen molar-refractivity contribution in [2.75, 3.05) is 18.0 Å². The predicted octanol–water partition coefficient (Wildman–Crippen LogP) is 3.84. The standard InChI is InChI=1S/C13H17ClN2/c1-3-7-16(8-4-2)13-9-11(10-15)5-6-12(13)14/h5-6,9H,3-4,7-8H2,1-2H3. The first-order valence-corrected chi connectivity index (χ1v) is 6.05. The van der Waals surface area contributed by atoms with Crippen molar-refractivity contribution in [3.05, 3.63) is 28.8 Å². The zero-order chi connectivity index (χ0) is 12.0. The summed E-state index contributed by atoms with van der Waals surface area (Å²) in [7, 11) is 0. The third-order valence-corrected chi connectivity index (χ3v) is 2.72. The van der Waals surface area contributed by atoms with Gasteiger partial charge in [0.1, 0.15) is 0 Å². The van der Waals surface area contributed by atoms with Crippen molar-refractivity contribution in [3.8, 4) is 6.07 Å². The maximum Gasteiger partial charge on any atom is 0.0992 e. The fraction of sp³-hybridized carbons (Fsp3) is 0.462. The molecule has 0 amide bonds. The molecule has 0 aliphatic rings. The van der Waals surface area contributed by atoms with Crippen LogP contribution in [-0.4, -0.2) is 13.1 Å². The zero-order valence-corrected chi connectivity index (χ0v) is 10.6. The van der Waals surface area contributed by atoms with Crippen LogP contribution >= 0.6 is 11.6 Å². The molecular formula is C13H17ClN2. The van der Waals surface area contributed by atoms with Crippen LogP contribution in [0.15, 0.2) is 18.2 Å². The summed E-state index contributed by atoms with van der Waals surface area (Å²) in [6.07, 6.45) is 2.15. The van der Waals surface area contributed by atoms with Crippen molar-refractivity contribution in [2.45, 2.75) is 26.7 Å². The summed E-state index contributed by atoms with van der Waals surface area (Å²) in [5, 5.41) is 9.61. The van der Waals surface area contributed by atoms with E-state index in [1.165, 1.54) is 0 Å². The van der Waals surface area contributed by atoms with E-state index < -0.39 is 0 Å². The van der Waals surface area contributed by atoms with E-state index in [0.717, 1.165) is 36.6 Å². The lowest BCUT2D eigenvalue weighted by molar-refractivity contribution is 0.745. The number of benzene rings is 1. The van der Waals surface area contributed by atoms with Gasteiger partial charge in [0.15, 0.2) is 0 Å². The van der Waals surface area contributed by atoms with Gasteiger partial charge >= 0.3 is 0 Å². The number of hydrogen-bond donors (Lipinski definition) is 0. The molecule has 2 nitrogen and oxygen atoms in total. The average molecular weight is 237 g/mol. The van der Waals surface area contributed by atoms with Crippen LogP contribution in [0.4, 0.5) is 5.69 Å². The molecule has 0 bridgehead atoms. The Hall–Kier alpha value is -1.20. The summed E-state index contributed by atoms with van der Waals surface area (Å²) in [5.74, 6) is 0. The molecule has 1 aromatic carbocycles. The summed E-state index contributed by atoms with van der Waals surface area (Å²) in [6.45, 7) is 6.24. The van der Waals surface area contributed by atoms with E-state index >= 15 is 0 Å². The second-order valence-corrected chi connectivity index (χ2v) is 4.17. The molecule has 0 aliphatic heterocycles. The Balaban J connectivity index is 3.02. The predicted molar refractivity (Wildman–Crippen MR) is 69.0 cm³/mol. The molecule has 16 heavy (non-hydrogen) atoms. The van der Waals surface area contributed by atoms with Crippen LogP contribution in [-0.2, 0) is 0 Å². The summed E-state index contributed by atoms with van der Waals surface area (Å²) in [5.41, 5.74) is 1.64. The average Bonchev–Trinajstić information content (AvgIpc) is 2.29. The van der Waals surface area contributed by atoms with Gasteiger partial charge in [0, 0.05) is 13.1 Å². The number of nitrogens with zero attached hydrogens (tertiary/aromatic N) is 2. The lowest BCUT2D eigenvalue weighted by Gasteiger charge is -2.24. The maximum atomic E-state index is 8.88. The second kappa shape index (κ2) is 6.40. The lowest BCUT2D eigenvalue weighted by Crippen LogP contribution is -2.25. The molecule has 3 heteroatoms. The third kappa shape index (κ3) is 3.15. The minimum atomic E-state index is 0.664. The summed E-state index contributed by atoms with van der Waals surface area (Å²) in [6, 6.07) is 7.57. The smallest absolute Gasteiger partial charge is 0.0992 e. The third-order valence-electron chi connectivity index (χ3n) is 2.40. The fourth-order valence-electron chi connectivity index (χ4n) is 1.72. The van der Waals surface area contributed by atoms with Crippen molar-refractivity contribution in [1.82, 2.24) is 0 Å². The molecular weight excluding hydrogens is 220 g/mol. The van der Waals surface area contributed by atoms with Gasteiger partial charge in [-0.25, -0.2) is 0 Å². The van der Waals surface area contributed by atoms with E-state index in [4.69, 9.17) is 16.9 Å². The molecule has 0 unspecified atom stereocenters. The zero-order valence-electron chi connectivity index (χ0n) is 9.83. The number of anilines is 1. The highest BCUT2D eigenvalue weighted by molar-refractivity contribution is 6.33. The van der Waals surface area contributed by atoms with Crippen molar-refractivity contribution < 1.29 is 0 Å².